The average Bonchev–Trinajstić information content (AvgIpc) is 3.62. The Hall–Kier alpha value is -3.51. The molecule has 11 heteroatoms. The molecule has 0 bridgehead atoms. The van der Waals surface area contributed by atoms with Crippen molar-refractivity contribution in [3.63, 3.8) is 0 Å². The number of aliphatic hydroxyl groups is 1. The zero-order chi connectivity index (χ0) is 33.9. The van der Waals surface area contributed by atoms with E-state index in [1.807, 2.05) is 39.0 Å². The van der Waals surface area contributed by atoms with Gasteiger partial charge in [0.2, 0.25) is 0 Å². The van der Waals surface area contributed by atoms with Crippen molar-refractivity contribution in [2.75, 3.05) is 13.9 Å². The monoisotopic (exact) mass is 638 g/mol. The second-order valence-electron chi connectivity index (χ2n) is 12.5. The summed E-state index contributed by atoms with van der Waals surface area (Å²) in [5, 5.41) is 14.8. The molecule has 46 heavy (non-hydrogen) atoms. The van der Waals surface area contributed by atoms with Crippen LogP contribution in [0.3, 0.4) is 0 Å². The summed E-state index contributed by atoms with van der Waals surface area (Å²) in [5.41, 5.74) is 5.22. The van der Waals surface area contributed by atoms with Gasteiger partial charge in [0.1, 0.15) is 11.4 Å². The Morgan fingerprint density at radius 3 is 2.61 bits per heavy atom. The molecule has 2 aliphatic carbocycles. The first-order chi connectivity index (χ1) is 22.0. The number of aryl methyl sites for hydroxylation is 1. The van der Waals surface area contributed by atoms with Gasteiger partial charge in [0.15, 0.2) is 12.6 Å². The van der Waals surface area contributed by atoms with Crippen LogP contribution in [-0.2, 0) is 44.2 Å². The summed E-state index contributed by atoms with van der Waals surface area (Å²) in [6.07, 6.45) is 11.2. The number of carbonyl (C=O) groups is 1. The van der Waals surface area contributed by atoms with E-state index in [4.69, 9.17) is 30.9 Å². The number of hydrazone groups is 1. The number of amidine groups is 1. The van der Waals surface area contributed by atoms with E-state index in [-0.39, 0.29) is 31.4 Å². The van der Waals surface area contributed by atoms with Crippen LogP contribution < -0.4 is 17.1 Å². The minimum Gasteiger partial charge on any atom is -0.438 e. The molecule has 6 N–H and O–H groups in total. The first-order valence-electron chi connectivity index (χ1n) is 16.3. The molecule has 0 radical (unpaired) electrons. The Balaban J connectivity index is 0.00000282. The standard InChI is InChI=1S/C33H48N6O5.C2H6/c1-6-9-28-36-29(32(2,3)41)27(20-43-21-44-31(40)33(4)17-16-24(18-33)42-5)39(28)19-22-12-14-23(15-13-22)25-10-7-8-11-26(25)30(37-34)38-35;1-2/h7-8,10-14,23-24,41H,6,9,15-21,34-35H2,1-5H3,(H,37,38);1-2H3. The van der Waals surface area contributed by atoms with Gasteiger partial charge in [-0.3, -0.25) is 4.79 Å². The molecule has 1 aromatic carbocycles. The van der Waals surface area contributed by atoms with Crippen molar-refractivity contribution >= 4 is 11.8 Å². The van der Waals surface area contributed by atoms with Crippen LogP contribution in [0.2, 0.25) is 0 Å². The number of nitrogens with zero attached hydrogens (tertiary/aromatic N) is 3. The molecular formula is C35H54N6O5. The van der Waals surface area contributed by atoms with E-state index >= 15 is 0 Å². The molecule has 3 unspecified atom stereocenters. The number of rotatable bonds is 13. The third kappa shape index (κ3) is 8.85. The van der Waals surface area contributed by atoms with Gasteiger partial charge in [-0.15, -0.1) is 0 Å². The van der Waals surface area contributed by atoms with E-state index in [2.05, 4.69) is 46.3 Å². The third-order valence-electron chi connectivity index (χ3n) is 8.64. The maximum Gasteiger partial charge on any atom is 0.313 e. The number of allylic oxidation sites excluding steroid dienone is 4. The normalized spacial score (nSPS) is 21.4. The number of hydrogen-bond acceptors (Lipinski definition) is 9. The Morgan fingerprint density at radius 1 is 1.28 bits per heavy atom. The quantitative estimate of drug-likeness (QED) is 0.0447. The Kier molecular flexibility index (Phi) is 13.6. The van der Waals surface area contributed by atoms with Crippen molar-refractivity contribution in [3.05, 3.63) is 76.4 Å². The summed E-state index contributed by atoms with van der Waals surface area (Å²) in [7, 11) is 1.67. The van der Waals surface area contributed by atoms with Crippen LogP contribution in [0.4, 0.5) is 0 Å². The van der Waals surface area contributed by atoms with Gasteiger partial charge in [0.05, 0.1) is 29.5 Å². The van der Waals surface area contributed by atoms with Crippen LogP contribution in [0.25, 0.3) is 0 Å². The summed E-state index contributed by atoms with van der Waals surface area (Å²) >= 11 is 0. The fraction of sp³-hybridized carbons (Fsp3) is 0.571. The van der Waals surface area contributed by atoms with Crippen LogP contribution >= 0.6 is 0 Å². The maximum absolute atomic E-state index is 12.9. The topological polar surface area (TPSA) is 159 Å². The fourth-order valence-corrected chi connectivity index (χ4v) is 6.17. The Morgan fingerprint density at radius 2 is 2.02 bits per heavy atom. The number of carbonyl (C=O) groups excluding carboxylic acids is 1. The second kappa shape index (κ2) is 16.9. The molecule has 1 heterocycles. The van der Waals surface area contributed by atoms with E-state index in [9.17, 15) is 9.90 Å². The van der Waals surface area contributed by atoms with Crippen LogP contribution in [0, 0.1) is 5.41 Å². The van der Waals surface area contributed by atoms with Gasteiger partial charge in [-0.05, 0) is 64.0 Å². The van der Waals surface area contributed by atoms with Crippen LogP contribution in [-0.4, -0.2) is 46.5 Å². The second-order valence-corrected chi connectivity index (χ2v) is 12.5. The fourth-order valence-electron chi connectivity index (χ4n) is 6.17. The zero-order valence-electron chi connectivity index (χ0n) is 28.6. The number of hydrogen-bond donors (Lipinski definition) is 4. The van der Waals surface area contributed by atoms with E-state index in [1.54, 1.807) is 21.0 Å². The molecule has 1 fully saturated rings. The molecule has 2 aliphatic rings. The largest absolute Gasteiger partial charge is 0.438 e. The van der Waals surface area contributed by atoms with Gasteiger partial charge >= 0.3 is 5.97 Å². The highest BCUT2D eigenvalue weighted by atomic mass is 16.7. The average molecular weight is 639 g/mol. The van der Waals surface area contributed by atoms with E-state index < -0.39 is 11.0 Å². The molecule has 0 amide bonds. The van der Waals surface area contributed by atoms with E-state index in [1.165, 1.54) is 0 Å². The number of hydrazine groups is 1. The smallest absolute Gasteiger partial charge is 0.313 e. The first-order valence-corrected chi connectivity index (χ1v) is 16.3. The molecule has 1 aromatic heterocycles. The third-order valence-corrected chi connectivity index (χ3v) is 8.64. The number of benzene rings is 1. The Labute approximate surface area is 274 Å². The van der Waals surface area contributed by atoms with E-state index in [0.717, 1.165) is 60.3 Å². The lowest BCUT2D eigenvalue weighted by molar-refractivity contribution is -0.169. The van der Waals surface area contributed by atoms with Crippen LogP contribution in [0.1, 0.15) is 108 Å². The van der Waals surface area contributed by atoms with Gasteiger partial charge in [-0.25, -0.2) is 10.8 Å². The molecule has 4 rings (SSSR count). The number of aromatic nitrogens is 2. The Bertz CT molecular complexity index is 1390. The highest BCUT2D eigenvalue weighted by Gasteiger charge is 2.42. The van der Waals surface area contributed by atoms with E-state index in [0.29, 0.717) is 24.5 Å². The number of methoxy groups -OCH3 is 1. The lowest BCUT2D eigenvalue weighted by Crippen LogP contribution is -2.33. The first kappa shape index (κ1) is 37.0. The molecule has 0 aliphatic heterocycles. The van der Waals surface area contributed by atoms with Crippen molar-refractivity contribution in [1.82, 2.24) is 15.0 Å². The summed E-state index contributed by atoms with van der Waals surface area (Å²) in [5.74, 6) is 12.4. The zero-order valence-corrected chi connectivity index (χ0v) is 28.6. The van der Waals surface area contributed by atoms with Gasteiger partial charge < -0.3 is 35.2 Å². The molecule has 11 nitrogen and oxygen atoms in total. The van der Waals surface area contributed by atoms with Crippen molar-refractivity contribution in [1.29, 1.82) is 0 Å². The number of imidazole rings is 1. The van der Waals surface area contributed by atoms with Crippen molar-refractivity contribution in [3.8, 4) is 0 Å². The summed E-state index contributed by atoms with van der Waals surface area (Å²) in [6.45, 7) is 12.0. The molecule has 2 aromatic rings. The predicted octanol–water partition coefficient (Wildman–Crippen LogP) is 5.07. The minimum atomic E-state index is -1.18. The molecule has 1 saturated carbocycles. The summed E-state index contributed by atoms with van der Waals surface area (Å²) in [4.78, 5) is 17.7. The minimum absolute atomic E-state index is 0.0718. The highest BCUT2D eigenvalue weighted by Crippen LogP contribution is 2.40. The van der Waals surface area contributed by atoms with Crippen LogP contribution in [0.5, 0.6) is 0 Å². The number of ether oxygens (including phenoxy) is 3. The highest BCUT2D eigenvalue weighted by molar-refractivity contribution is 5.99. The lowest BCUT2D eigenvalue weighted by atomic mass is 9.87. The predicted molar refractivity (Wildman–Crippen MR) is 180 cm³/mol. The molecular weight excluding hydrogens is 584 g/mol. The van der Waals surface area contributed by atoms with Crippen molar-refractivity contribution in [2.24, 2.45) is 22.2 Å². The van der Waals surface area contributed by atoms with Crippen molar-refractivity contribution < 1.29 is 24.1 Å². The number of esters is 1. The molecule has 0 spiro atoms. The SMILES string of the molecule is CC.CCCc1nc(C(C)(C)O)c(COCOC(=O)C2(C)CCC(OC)C2)n1CC1=CCC(c2ccccc2/C(=N/N)NN)C=C1. The van der Waals surface area contributed by atoms with Crippen LogP contribution in [0.15, 0.2) is 53.2 Å². The molecule has 3 atom stereocenters. The van der Waals surface area contributed by atoms with Gasteiger partial charge in [-0.1, -0.05) is 63.3 Å². The lowest BCUT2D eigenvalue weighted by Gasteiger charge is -2.23. The summed E-state index contributed by atoms with van der Waals surface area (Å²) < 4.78 is 19.0. The van der Waals surface area contributed by atoms with Gasteiger partial charge in [0.25, 0.3) is 0 Å². The van der Waals surface area contributed by atoms with Gasteiger partial charge in [0, 0.05) is 31.6 Å². The maximum atomic E-state index is 12.9. The van der Waals surface area contributed by atoms with Gasteiger partial charge in [-0.2, -0.15) is 5.10 Å². The number of nitrogens with one attached hydrogen (secondary N) is 1. The summed E-state index contributed by atoms with van der Waals surface area (Å²) in [6, 6.07) is 7.93. The molecule has 254 valence electrons. The number of nitrogens with two attached hydrogens (primary N) is 2. The molecule has 0 saturated heterocycles. The van der Waals surface area contributed by atoms with Crippen molar-refractivity contribution in [2.45, 2.75) is 111 Å².